The first-order valence-corrected chi connectivity index (χ1v) is 9.97. The van der Waals surface area contributed by atoms with Crippen LogP contribution in [-0.4, -0.2) is 22.9 Å². The molecular weight excluding hydrogens is 310 g/mol. The second kappa shape index (κ2) is 11.7. The average Bonchev–Trinajstić information content (AvgIpc) is 2.55. The molecule has 25 heavy (non-hydrogen) atoms. The molecule has 0 saturated carbocycles. The Hall–Kier alpha value is -0.900. The topological polar surface area (TPSA) is 55.5 Å². The van der Waals surface area contributed by atoms with E-state index in [1.54, 1.807) is 0 Å². The molecule has 1 aromatic rings. The highest BCUT2D eigenvalue weighted by atomic mass is 16.5. The molecule has 0 aliphatic rings. The Labute approximate surface area is 155 Å². The molecule has 0 bridgehead atoms. The van der Waals surface area contributed by atoms with Crippen LogP contribution >= 0.6 is 0 Å². The highest BCUT2D eigenvalue weighted by Crippen LogP contribution is 2.29. The van der Waals surface area contributed by atoms with Crippen molar-refractivity contribution >= 4 is 0 Å². The van der Waals surface area contributed by atoms with Gasteiger partial charge in [0.05, 0.1) is 18.8 Å². The number of unbranched alkanes of at least 4 members (excludes halogenated alkanes) is 4. The van der Waals surface area contributed by atoms with Crippen molar-refractivity contribution in [2.45, 2.75) is 97.0 Å². The summed E-state index contributed by atoms with van der Waals surface area (Å²) in [6.07, 6.45) is 7.65. The Kier molecular flexibility index (Phi) is 10.3. The summed E-state index contributed by atoms with van der Waals surface area (Å²) in [5.74, 6) is 0.141. The first-order chi connectivity index (χ1) is 11.8. The van der Waals surface area contributed by atoms with Crippen LogP contribution in [-0.2, 0) is 11.3 Å². The lowest BCUT2D eigenvalue weighted by atomic mass is 9.78. The monoisotopic (exact) mass is 349 g/mol. The molecule has 1 rings (SSSR count). The van der Waals surface area contributed by atoms with Gasteiger partial charge >= 0.3 is 0 Å². The van der Waals surface area contributed by atoms with Crippen LogP contribution in [0.25, 0.3) is 0 Å². The number of aliphatic hydroxyl groups excluding tert-OH is 1. The van der Waals surface area contributed by atoms with Crippen molar-refractivity contribution < 1.29 is 9.84 Å². The van der Waals surface area contributed by atoms with Gasteiger partial charge in [-0.3, -0.25) is 0 Å². The molecule has 0 fully saturated rings. The van der Waals surface area contributed by atoms with Gasteiger partial charge < -0.3 is 15.6 Å². The van der Waals surface area contributed by atoms with E-state index in [4.69, 9.17) is 10.5 Å². The van der Waals surface area contributed by atoms with E-state index < -0.39 is 0 Å². The van der Waals surface area contributed by atoms with E-state index >= 15 is 0 Å². The third kappa shape index (κ3) is 9.39. The van der Waals surface area contributed by atoms with Gasteiger partial charge in [0.15, 0.2) is 0 Å². The fraction of sp³-hybridized carbons (Fsp3) is 0.727. The number of hydrogen-bond donors (Lipinski definition) is 2. The Morgan fingerprint density at radius 3 is 2.28 bits per heavy atom. The molecule has 144 valence electrons. The molecule has 3 atom stereocenters. The van der Waals surface area contributed by atoms with Gasteiger partial charge in [-0.15, -0.1) is 0 Å². The highest BCUT2D eigenvalue weighted by Gasteiger charge is 2.34. The van der Waals surface area contributed by atoms with E-state index in [-0.39, 0.29) is 23.7 Å². The van der Waals surface area contributed by atoms with Gasteiger partial charge in [0.25, 0.3) is 0 Å². The summed E-state index contributed by atoms with van der Waals surface area (Å²) in [5.41, 5.74) is 7.27. The number of benzene rings is 1. The van der Waals surface area contributed by atoms with Gasteiger partial charge in [-0.2, -0.15) is 0 Å². The maximum Gasteiger partial charge on any atom is 0.0720 e. The molecule has 3 N–H and O–H groups in total. The van der Waals surface area contributed by atoms with E-state index in [1.165, 1.54) is 31.2 Å². The second-order valence-electron chi connectivity index (χ2n) is 8.05. The lowest BCUT2D eigenvalue weighted by Gasteiger charge is -2.38. The molecule has 3 nitrogen and oxygen atoms in total. The zero-order valence-corrected chi connectivity index (χ0v) is 16.7. The van der Waals surface area contributed by atoms with Gasteiger partial charge in [0.2, 0.25) is 0 Å². The van der Waals surface area contributed by atoms with Crippen molar-refractivity contribution in [2.75, 3.05) is 0 Å². The third-order valence-corrected chi connectivity index (χ3v) is 4.90. The summed E-state index contributed by atoms with van der Waals surface area (Å²) in [4.78, 5) is 0. The minimum absolute atomic E-state index is 0.0800. The van der Waals surface area contributed by atoms with Gasteiger partial charge in [-0.25, -0.2) is 0 Å². The van der Waals surface area contributed by atoms with E-state index in [0.717, 1.165) is 12.8 Å². The smallest absolute Gasteiger partial charge is 0.0720 e. The van der Waals surface area contributed by atoms with Crippen LogP contribution in [0, 0.1) is 5.92 Å². The number of hydrogen-bond acceptors (Lipinski definition) is 3. The maximum absolute atomic E-state index is 9.95. The summed E-state index contributed by atoms with van der Waals surface area (Å²) < 4.78 is 6.33. The van der Waals surface area contributed by atoms with Crippen molar-refractivity contribution in [3.63, 3.8) is 0 Å². The van der Waals surface area contributed by atoms with Gasteiger partial charge in [-0.05, 0) is 39.2 Å². The lowest BCUT2D eigenvalue weighted by molar-refractivity contribution is -0.0398. The molecule has 0 amide bonds. The van der Waals surface area contributed by atoms with Crippen LogP contribution < -0.4 is 5.73 Å². The maximum atomic E-state index is 9.95. The largest absolute Gasteiger partial charge is 0.393 e. The first-order valence-electron chi connectivity index (χ1n) is 9.97. The first kappa shape index (κ1) is 22.1. The van der Waals surface area contributed by atoms with Crippen LogP contribution in [0.4, 0.5) is 0 Å². The molecule has 0 heterocycles. The summed E-state index contributed by atoms with van der Waals surface area (Å²) in [5, 5.41) is 9.95. The van der Waals surface area contributed by atoms with Gasteiger partial charge in [0.1, 0.15) is 0 Å². The number of ether oxygens (including phenoxy) is 1. The zero-order chi connectivity index (χ0) is 18.7. The Morgan fingerprint density at radius 2 is 1.72 bits per heavy atom. The minimum atomic E-state index is -0.373. The fourth-order valence-corrected chi connectivity index (χ4v) is 3.43. The highest BCUT2D eigenvalue weighted by molar-refractivity contribution is 5.13. The van der Waals surface area contributed by atoms with Crippen LogP contribution in [0.3, 0.4) is 0 Å². The van der Waals surface area contributed by atoms with Crippen molar-refractivity contribution in [3.05, 3.63) is 35.9 Å². The van der Waals surface area contributed by atoms with Crippen LogP contribution in [0.5, 0.6) is 0 Å². The molecule has 0 saturated heterocycles. The van der Waals surface area contributed by atoms with Gasteiger partial charge in [-0.1, -0.05) is 69.4 Å². The van der Waals surface area contributed by atoms with Gasteiger partial charge in [0, 0.05) is 11.5 Å². The van der Waals surface area contributed by atoms with Crippen molar-refractivity contribution in [3.8, 4) is 0 Å². The Bertz CT molecular complexity index is 439. The van der Waals surface area contributed by atoms with Crippen LogP contribution in [0.2, 0.25) is 0 Å². The summed E-state index contributed by atoms with van der Waals surface area (Å²) in [6, 6.07) is 10.3. The van der Waals surface area contributed by atoms with Crippen molar-refractivity contribution in [1.29, 1.82) is 0 Å². The molecule has 3 heteroatoms. The molecule has 0 aliphatic heterocycles. The molecule has 1 aromatic carbocycles. The Balaban J connectivity index is 2.72. The molecule has 0 aliphatic carbocycles. The number of nitrogens with two attached hydrogens (primary N) is 1. The molecule has 0 aromatic heterocycles. The summed E-state index contributed by atoms with van der Waals surface area (Å²) in [6.45, 7) is 8.79. The second-order valence-corrected chi connectivity index (χ2v) is 8.05. The predicted molar refractivity (Wildman–Crippen MR) is 106 cm³/mol. The van der Waals surface area contributed by atoms with E-state index in [0.29, 0.717) is 13.0 Å². The van der Waals surface area contributed by atoms with E-state index in [1.807, 2.05) is 25.1 Å². The SMILES string of the molecule is CCCCCCCC(OCc1ccccc1)C(CC(C)O)C(C)(C)N. The van der Waals surface area contributed by atoms with Crippen molar-refractivity contribution in [1.82, 2.24) is 0 Å². The normalized spacial score (nSPS) is 15.8. The average molecular weight is 350 g/mol. The fourth-order valence-electron chi connectivity index (χ4n) is 3.43. The predicted octanol–water partition coefficient (Wildman–Crippen LogP) is 5.06. The molecular formula is C22H39NO2. The number of aliphatic hydroxyl groups is 1. The molecule has 0 spiro atoms. The molecule has 0 radical (unpaired) electrons. The van der Waals surface area contributed by atoms with E-state index in [9.17, 15) is 5.11 Å². The van der Waals surface area contributed by atoms with E-state index in [2.05, 4.69) is 32.9 Å². The zero-order valence-electron chi connectivity index (χ0n) is 16.7. The van der Waals surface area contributed by atoms with Crippen LogP contribution in [0.15, 0.2) is 30.3 Å². The summed E-state index contributed by atoms with van der Waals surface area (Å²) >= 11 is 0. The quantitative estimate of drug-likeness (QED) is 0.490. The number of rotatable bonds is 13. The minimum Gasteiger partial charge on any atom is -0.393 e. The standard InChI is InChI=1S/C22H39NO2/c1-5-6-7-8-12-15-21(20(16-18(2)24)22(3,4)23)25-17-19-13-10-9-11-14-19/h9-11,13-14,18,20-21,24H,5-8,12,15-17,23H2,1-4H3. The summed E-state index contributed by atoms with van der Waals surface area (Å²) in [7, 11) is 0. The third-order valence-electron chi connectivity index (χ3n) is 4.90. The Morgan fingerprint density at radius 1 is 1.08 bits per heavy atom. The molecule has 3 unspecified atom stereocenters. The van der Waals surface area contributed by atoms with Crippen molar-refractivity contribution in [2.24, 2.45) is 11.7 Å². The van der Waals surface area contributed by atoms with Crippen LogP contribution in [0.1, 0.15) is 78.2 Å². The lowest BCUT2D eigenvalue weighted by Crippen LogP contribution is -2.48.